The summed E-state index contributed by atoms with van der Waals surface area (Å²) in [5.74, 6) is 0.0441. The molecule has 0 aliphatic heterocycles. The Bertz CT molecular complexity index is 540. The number of pyridine rings is 1. The summed E-state index contributed by atoms with van der Waals surface area (Å²) in [5.41, 5.74) is 0.0962. The molecule has 0 bridgehead atoms. The van der Waals surface area contributed by atoms with E-state index in [0.717, 1.165) is 5.76 Å². The van der Waals surface area contributed by atoms with Gasteiger partial charge in [0.15, 0.2) is 0 Å². The van der Waals surface area contributed by atoms with Gasteiger partial charge in [-0.1, -0.05) is 11.6 Å². The first kappa shape index (κ1) is 12.4. The summed E-state index contributed by atoms with van der Waals surface area (Å²) in [6, 6.07) is 6.52. The molecule has 0 amide bonds. The SMILES string of the molecule is O=C(O)c1ccc(Cl)nc1NCCc1ccco1. The topological polar surface area (TPSA) is 75.4 Å². The number of hydrogen-bond donors (Lipinski definition) is 2. The molecule has 2 N–H and O–H groups in total. The van der Waals surface area contributed by atoms with Gasteiger partial charge in [-0.3, -0.25) is 0 Å². The predicted octanol–water partition coefficient (Wildman–Crippen LogP) is 2.68. The predicted molar refractivity (Wildman–Crippen MR) is 67.1 cm³/mol. The number of furan rings is 1. The summed E-state index contributed by atoms with van der Waals surface area (Å²) in [7, 11) is 0. The molecule has 0 aliphatic carbocycles. The molecule has 0 fully saturated rings. The average molecular weight is 267 g/mol. The number of carboxylic acid groups (broad SMARTS) is 1. The maximum Gasteiger partial charge on any atom is 0.339 e. The molecule has 5 nitrogen and oxygen atoms in total. The largest absolute Gasteiger partial charge is 0.478 e. The van der Waals surface area contributed by atoms with E-state index in [1.807, 2.05) is 6.07 Å². The summed E-state index contributed by atoms with van der Waals surface area (Å²) in [4.78, 5) is 14.9. The molecule has 0 saturated carbocycles. The first-order valence-electron chi connectivity index (χ1n) is 5.33. The van der Waals surface area contributed by atoms with Crippen molar-refractivity contribution in [1.29, 1.82) is 0 Å². The summed E-state index contributed by atoms with van der Waals surface area (Å²) >= 11 is 5.74. The molecule has 0 saturated heterocycles. The van der Waals surface area contributed by atoms with Crippen molar-refractivity contribution >= 4 is 23.4 Å². The van der Waals surface area contributed by atoms with E-state index in [2.05, 4.69) is 10.3 Å². The zero-order chi connectivity index (χ0) is 13.0. The standard InChI is InChI=1S/C12H11ClN2O3/c13-10-4-3-9(12(16)17)11(15-10)14-6-5-8-2-1-7-18-8/h1-4,7H,5-6H2,(H,14,15)(H,16,17). The van der Waals surface area contributed by atoms with Crippen LogP contribution in [0.2, 0.25) is 5.15 Å². The van der Waals surface area contributed by atoms with E-state index < -0.39 is 5.97 Å². The molecule has 0 atom stereocenters. The zero-order valence-electron chi connectivity index (χ0n) is 9.39. The van der Waals surface area contributed by atoms with Gasteiger partial charge in [0.2, 0.25) is 0 Å². The minimum absolute atomic E-state index is 0.0962. The maximum atomic E-state index is 11.0. The Labute approximate surface area is 108 Å². The van der Waals surface area contributed by atoms with E-state index in [1.165, 1.54) is 12.1 Å². The van der Waals surface area contributed by atoms with E-state index in [4.69, 9.17) is 21.1 Å². The Morgan fingerprint density at radius 2 is 2.28 bits per heavy atom. The lowest BCUT2D eigenvalue weighted by molar-refractivity contribution is 0.0697. The smallest absolute Gasteiger partial charge is 0.339 e. The van der Waals surface area contributed by atoms with Gasteiger partial charge in [-0.15, -0.1) is 0 Å². The van der Waals surface area contributed by atoms with Gasteiger partial charge >= 0.3 is 5.97 Å². The van der Waals surface area contributed by atoms with E-state index in [1.54, 1.807) is 12.3 Å². The lowest BCUT2D eigenvalue weighted by Gasteiger charge is -2.07. The number of carboxylic acids is 1. The van der Waals surface area contributed by atoms with Crippen molar-refractivity contribution in [2.24, 2.45) is 0 Å². The summed E-state index contributed by atoms with van der Waals surface area (Å²) in [5, 5.41) is 12.2. The van der Waals surface area contributed by atoms with Gasteiger partial charge < -0.3 is 14.8 Å². The Kier molecular flexibility index (Phi) is 3.84. The van der Waals surface area contributed by atoms with E-state index in [9.17, 15) is 4.79 Å². The van der Waals surface area contributed by atoms with Crippen molar-refractivity contribution in [3.63, 3.8) is 0 Å². The fourth-order valence-corrected chi connectivity index (χ4v) is 1.65. The fourth-order valence-electron chi connectivity index (χ4n) is 1.50. The Hall–Kier alpha value is -2.01. The van der Waals surface area contributed by atoms with Crippen molar-refractivity contribution in [1.82, 2.24) is 4.98 Å². The van der Waals surface area contributed by atoms with Gasteiger partial charge in [0.05, 0.1) is 6.26 Å². The molecule has 2 aromatic rings. The number of nitrogens with zero attached hydrogens (tertiary/aromatic N) is 1. The van der Waals surface area contributed by atoms with Crippen molar-refractivity contribution in [3.8, 4) is 0 Å². The van der Waals surface area contributed by atoms with E-state index >= 15 is 0 Å². The highest BCUT2D eigenvalue weighted by Crippen LogP contribution is 2.16. The molecule has 94 valence electrons. The van der Waals surface area contributed by atoms with E-state index in [-0.39, 0.29) is 16.5 Å². The molecule has 18 heavy (non-hydrogen) atoms. The van der Waals surface area contributed by atoms with Crippen molar-refractivity contribution in [2.75, 3.05) is 11.9 Å². The second-order valence-corrected chi connectivity index (χ2v) is 3.98. The van der Waals surface area contributed by atoms with Crippen LogP contribution in [-0.2, 0) is 6.42 Å². The summed E-state index contributed by atoms with van der Waals surface area (Å²) in [6.07, 6.45) is 2.23. The van der Waals surface area contributed by atoms with Crippen LogP contribution in [0.25, 0.3) is 0 Å². The molecule has 0 spiro atoms. The number of nitrogens with one attached hydrogen (secondary N) is 1. The Morgan fingerprint density at radius 1 is 1.44 bits per heavy atom. The average Bonchev–Trinajstić information content (AvgIpc) is 2.82. The van der Waals surface area contributed by atoms with Gasteiger partial charge in [0.25, 0.3) is 0 Å². The highest BCUT2D eigenvalue weighted by molar-refractivity contribution is 6.29. The van der Waals surface area contributed by atoms with Crippen LogP contribution < -0.4 is 5.32 Å². The molecule has 6 heteroatoms. The van der Waals surface area contributed by atoms with Crippen LogP contribution in [0, 0.1) is 0 Å². The van der Waals surface area contributed by atoms with E-state index in [0.29, 0.717) is 13.0 Å². The fraction of sp³-hybridized carbons (Fsp3) is 0.167. The minimum atomic E-state index is -1.04. The third-order valence-electron chi connectivity index (χ3n) is 2.34. The number of halogens is 1. The molecular weight excluding hydrogens is 256 g/mol. The molecular formula is C12H11ClN2O3. The van der Waals surface area contributed by atoms with Crippen molar-refractivity contribution in [3.05, 3.63) is 47.0 Å². The van der Waals surface area contributed by atoms with Crippen LogP contribution >= 0.6 is 11.6 Å². The van der Waals surface area contributed by atoms with Crippen molar-refractivity contribution < 1.29 is 14.3 Å². The lowest BCUT2D eigenvalue weighted by Crippen LogP contribution is -2.11. The van der Waals surface area contributed by atoms with Crippen molar-refractivity contribution in [2.45, 2.75) is 6.42 Å². The third-order valence-corrected chi connectivity index (χ3v) is 2.55. The Balaban J connectivity index is 2.03. The van der Waals surface area contributed by atoms with Crippen LogP contribution in [-0.4, -0.2) is 22.6 Å². The number of hydrogen-bond acceptors (Lipinski definition) is 4. The molecule has 2 rings (SSSR count). The van der Waals surface area contributed by atoms with Crippen LogP contribution in [0.5, 0.6) is 0 Å². The molecule has 2 aromatic heterocycles. The molecule has 0 radical (unpaired) electrons. The van der Waals surface area contributed by atoms with Gasteiger partial charge in [0, 0.05) is 13.0 Å². The molecule has 2 heterocycles. The number of carbonyl (C=O) groups is 1. The van der Waals surface area contributed by atoms with Gasteiger partial charge in [-0.25, -0.2) is 9.78 Å². The first-order valence-corrected chi connectivity index (χ1v) is 5.70. The molecule has 0 unspecified atom stereocenters. The number of rotatable bonds is 5. The van der Waals surface area contributed by atoms with Crippen LogP contribution in [0.3, 0.4) is 0 Å². The second kappa shape index (κ2) is 5.55. The van der Waals surface area contributed by atoms with Gasteiger partial charge in [-0.05, 0) is 24.3 Å². The zero-order valence-corrected chi connectivity index (χ0v) is 10.1. The van der Waals surface area contributed by atoms with Crippen LogP contribution in [0.15, 0.2) is 34.9 Å². The first-order chi connectivity index (χ1) is 8.66. The highest BCUT2D eigenvalue weighted by atomic mass is 35.5. The number of aromatic carboxylic acids is 1. The maximum absolute atomic E-state index is 11.0. The van der Waals surface area contributed by atoms with Crippen LogP contribution in [0.4, 0.5) is 5.82 Å². The van der Waals surface area contributed by atoms with Crippen LogP contribution in [0.1, 0.15) is 16.1 Å². The second-order valence-electron chi connectivity index (χ2n) is 3.59. The molecule has 0 aliphatic rings. The Morgan fingerprint density at radius 3 is 2.94 bits per heavy atom. The summed E-state index contributed by atoms with van der Waals surface area (Å²) in [6.45, 7) is 0.515. The van der Waals surface area contributed by atoms with Gasteiger partial charge in [-0.2, -0.15) is 0 Å². The summed E-state index contributed by atoms with van der Waals surface area (Å²) < 4.78 is 5.17. The number of anilines is 1. The minimum Gasteiger partial charge on any atom is -0.478 e. The number of aromatic nitrogens is 1. The molecule has 0 aromatic carbocycles. The highest BCUT2D eigenvalue weighted by Gasteiger charge is 2.11. The quantitative estimate of drug-likeness (QED) is 0.814. The normalized spacial score (nSPS) is 10.3. The monoisotopic (exact) mass is 266 g/mol. The lowest BCUT2D eigenvalue weighted by atomic mass is 10.2. The van der Waals surface area contributed by atoms with Gasteiger partial charge in [0.1, 0.15) is 22.3 Å². The third kappa shape index (κ3) is 3.01.